The molecule has 0 spiro atoms. The van der Waals surface area contributed by atoms with Gasteiger partial charge in [-0.05, 0) is 43.6 Å². The molecule has 26 heavy (non-hydrogen) atoms. The van der Waals surface area contributed by atoms with Gasteiger partial charge in [0.1, 0.15) is 0 Å². The van der Waals surface area contributed by atoms with Gasteiger partial charge in [0.15, 0.2) is 0 Å². The highest BCUT2D eigenvalue weighted by atomic mass is 19.4. The Kier molecular flexibility index (Phi) is 5.70. The van der Waals surface area contributed by atoms with Crippen molar-refractivity contribution in [3.63, 3.8) is 0 Å². The van der Waals surface area contributed by atoms with Gasteiger partial charge in [0.25, 0.3) is 5.91 Å². The minimum absolute atomic E-state index is 0.0704. The topological polar surface area (TPSA) is 38.3 Å². The van der Waals surface area contributed by atoms with Gasteiger partial charge in [-0.3, -0.25) is 4.79 Å². The number of allylic oxidation sites excluding steroid dienone is 1. The maximum absolute atomic E-state index is 13.9. The van der Waals surface area contributed by atoms with Crippen molar-refractivity contribution in [3.05, 3.63) is 47.5 Å². The first-order valence-corrected chi connectivity index (χ1v) is 9.11. The highest BCUT2D eigenvalue weighted by molar-refractivity contribution is 5.86. The van der Waals surface area contributed by atoms with Gasteiger partial charge < -0.3 is 10.1 Å². The van der Waals surface area contributed by atoms with Crippen molar-refractivity contribution in [2.24, 2.45) is 5.92 Å². The van der Waals surface area contributed by atoms with Crippen LogP contribution in [-0.2, 0) is 16.0 Å². The number of hydrogen-bond donors (Lipinski definition) is 1. The minimum atomic E-state index is -4.75. The predicted octanol–water partition coefficient (Wildman–Crippen LogP) is 4.18. The number of carbonyl (C=O) groups excluding carboxylic acids is 1. The number of amides is 1. The van der Waals surface area contributed by atoms with E-state index in [1.54, 1.807) is 0 Å². The molecule has 1 aromatic carbocycles. The van der Waals surface area contributed by atoms with Crippen molar-refractivity contribution >= 4 is 5.91 Å². The Labute approximate surface area is 151 Å². The maximum Gasteiger partial charge on any atom is 0.426 e. The van der Waals surface area contributed by atoms with E-state index in [-0.39, 0.29) is 6.61 Å². The third-order valence-electron chi connectivity index (χ3n) is 5.01. The van der Waals surface area contributed by atoms with Crippen LogP contribution < -0.4 is 5.32 Å². The first-order valence-electron chi connectivity index (χ1n) is 9.11. The van der Waals surface area contributed by atoms with E-state index < -0.39 is 24.1 Å². The molecule has 1 saturated carbocycles. The smallest absolute Gasteiger partial charge is 0.357 e. The van der Waals surface area contributed by atoms with Crippen molar-refractivity contribution in [3.8, 4) is 0 Å². The minimum Gasteiger partial charge on any atom is -0.357 e. The predicted molar refractivity (Wildman–Crippen MR) is 92.6 cm³/mol. The summed E-state index contributed by atoms with van der Waals surface area (Å²) in [6, 6.07) is 9.56. The van der Waals surface area contributed by atoms with Crippen molar-refractivity contribution in [2.75, 3.05) is 13.2 Å². The van der Waals surface area contributed by atoms with Crippen LogP contribution in [-0.4, -0.2) is 30.8 Å². The van der Waals surface area contributed by atoms with Gasteiger partial charge >= 0.3 is 6.18 Å². The molecule has 1 atom stereocenters. The van der Waals surface area contributed by atoms with Crippen LogP contribution in [0.4, 0.5) is 13.2 Å². The lowest BCUT2D eigenvalue weighted by Gasteiger charge is -2.33. The van der Waals surface area contributed by atoms with Crippen LogP contribution in [0.2, 0.25) is 0 Å². The summed E-state index contributed by atoms with van der Waals surface area (Å²) in [6.07, 6.45) is 0.100. The average Bonchev–Trinajstić information content (AvgIpc) is 3.44. The third kappa shape index (κ3) is 4.47. The zero-order valence-corrected chi connectivity index (χ0v) is 14.6. The van der Waals surface area contributed by atoms with E-state index in [1.807, 2.05) is 36.4 Å². The fourth-order valence-corrected chi connectivity index (χ4v) is 3.21. The summed E-state index contributed by atoms with van der Waals surface area (Å²) in [6.45, 7) is 0.224. The van der Waals surface area contributed by atoms with Gasteiger partial charge in [0.2, 0.25) is 5.60 Å². The van der Waals surface area contributed by atoms with E-state index in [9.17, 15) is 18.0 Å². The summed E-state index contributed by atoms with van der Waals surface area (Å²) in [5.74, 6) is -0.743. The van der Waals surface area contributed by atoms with E-state index >= 15 is 0 Å². The summed E-state index contributed by atoms with van der Waals surface area (Å²) in [5.41, 5.74) is -1.12. The van der Waals surface area contributed by atoms with Crippen molar-refractivity contribution in [2.45, 2.75) is 50.3 Å². The summed E-state index contributed by atoms with van der Waals surface area (Å²) < 4.78 is 46.8. The fraction of sp³-hybridized carbons (Fsp3) is 0.550. The quantitative estimate of drug-likeness (QED) is 0.793. The number of ether oxygens (including phenoxy) is 1. The third-order valence-corrected chi connectivity index (χ3v) is 5.01. The number of hydrogen-bond acceptors (Lipinski definition) is 2. The molecule has 6 heteroatoms. The monoisotopic (exact) mass is 367 g/mol. The van der Waals surface area contributed by atoms with Gasteiger partial charge in [-0.15, -0.1) is 0 Å². The molecule has 2 aliphatic rings. The summed E-state index contributed by atoms with van der Waals surface area (Å²) >= 11 is 0. The molecule has 0 radical (unpaired) electrons. The number of carbonyl (C=O) groups is 1. The molecule has 142 valence electrons. The molecule has 2 fully saturated rings. The number of halogens is 3. The van der Waals surface area contributed by atoms with Crippen LogP contribution in [0.15, 0.2) is 42.0 Å². The zero-order valence-electron chi connectivity index (χ0n) is 14.6. The largest absolute Gasteiger partial charge is 0.426 e. The molecular weight excluding hydrogens is 343 g/mol. The van der Waals surface area contributed by atoms with Crippen molar-refractivity contribution < 1.29 is 22.7 Å². The summed E-state index contributed by atoms with van der Waals surface area (Å²) in [7, 11) is 0. The lowest BCUT2D eigenvalue weighted by Crippen LogP contribution is -2.59. The maximum atomic E-state index is 13.9. The molecule has 3 nitrogen and oxygen atoms in total. The number of alkyl halides is 3. The van der Waals surface area contributed by atoms with Gasteiger partial charge in [0, 0.05) is 19.6 Å². The van der Waals surface area contributed by atoms with E-state index in [1.165, 1.54) is 0 Å². The van der Waals surface area contributed by atoms with E-state index in [4.69, 9.17) is 4.74 Å². The zero-order chi connectivity index (χ0) is 18.6. The second kappa shape index (κ2) is 7.82. The van der Waals surface area contributed by atoms with Gasteiger partial charge in [-0.25, -0.2) is 0 Å². The van der Waals surface area contributed by atoms with Crippen molar-refractivity contribution in [1.29, 1.82) is 0 Å². The average molecular weight is 367 g/mol. The number of nitrogens with one attached hydrogen (secondary N) is 1. The molecule has 1 aliphatic carbocycles. The van der Waals surface area contributed by atoms with Crippen molar-refractivity contribution in [1.82, 2.24) is 5.32 Å². The second-order valence-corrected chi connectivity index (χ2v) is 7.16. The Morgan fingerprint density at radius 2 is 2.00 bits per heavy atom. The fourth-order valence-electron chi connectivity index (χ4n) is 3.21. The molecule has 3 rings (SSSR count). The molecule has 1 aromatic rings. The number of benzene rings is 1. The SMILES string of the molecule is O=C(NCC1CC1)C1(C(F)(F)F)C/C(=C\Cc2ccccc2)CCCO1. The lowest BCUT2D eigenvalue weighted by atomic mass is 9.90. The first kappa shape index (κ1) is 19.0. The lowest BCUT2D eigenvalue weighted by molar-refractivity contribution is -0.265. The summed E-state index contributed by atoms with van der Waals surface area (Å²) in [4.78, 5) is 12.5. The highest BCUT2D eigenvalue weighted by Gasteiger charge is 2.62. The van der Waals surface area contributed by atoms with E-state index in [0.29, 0.717) is 37.3 Å². The Morgan fingerprint density at radius 1 is 1.27 bits per heavy atom. The van der Waals surface area contributed by atoms with Crippen LogP contribution >= 0.6 is 0 Å². The first-order chi connectivity index (χ1) is 12.4. The molecule has 1 unspecified atom stereocenters. The summed E-state index contributed by atoms with van der Waals surface area (Å²) in [5, 5.41) is 2.47. The van der Waals surface area contributed by atoms with E-state index in [0.717, 1.165) is 18.4 Å². The second-order valence-electron chi connectivity index (χ2n) is 7.16. The molecule has 1 aliphatic heterocycles. The van der Waals surface area contributed by atoms with Gasteiger partial charge in [0.05, 0.1) is 0 Å². The Bertz CT molecular complexity index is 653. The van der Waals surface area contributed by atoms with Crippen LogP contribution in [0.1, 0.15) is 37.7 Å². The van der Waals surface area contributed by atoms with Crippen LogP contribution in [0.5, 0.6) is 0 Å². The number of rotatable bonds is 5. The normalized spacial score (nSPS) is 25.7. The molecule has 0 bridgehead atoms. The molecule has 1 heterocycles. The Hall–Kier alpha value is -1.82. The molecule has 0 aromatic heterocycles. The van der Waals surface area contributed by atoms with Crippen LogP contribution in [0.25, 0.3) is 0 Å². The highest BCUT2D eigenvalue weighted by Crippen LogP contribution is 2.42. The van der Waals surface area contributed by atoms with Gasteiger partial charge in [-0.1, -0.05) is 42.0 Å². The molecule has 1 N–H and O–H groups in total. The molecule has 1 saturated heterocycles. The molecule has 1 amide bonds. The molecular formula is C20H24F3NO2. The standard InChI is InChI=1S/C20H24F3NO2/c21-20(22,23)19(18(25)24-14-17-10-11-17)13-16(7-4-12-26-19)9-8-15-5-2-1-3-6-15/h1-3,5-6,9,17H,4,7-8,10-14H2,(H,24,25)/b16-9-. The van der Waals surface area contributed by atoms with Crippen LogP contribution in [0, 0.1) is 5.92 Å². The van der Waals surface area contributed by atoms with E-state index in [2.05, 4.69) is 5.32 Å². The Morgan fingerprint density at radius 3 is 2.65 bits per heavy atom. The Balaban J connectivity index is 1.78. The van der Waals surface area contributed by atoms with Gasteiger partial charge in [-0.2, -0.15) is 13.2 Å². The van der Waals surface area contributed by atoms with Crippen LogP contribution in [0.3, 0.4) is 0 Å².